The molecular formula is C9H8BrF2NO2. The van der Waals surface area contributed by atoms with Crippen molar-refractivity contribution in [3.63, 3.8) is 0 Å². The molecule has 0 bridgehead atoms. The van der Waals surface area contributed by atoms with E-state index in [0.717, 1.165) is 6.07 Å². The molecule has 1 rings (SSSR count). The summed E-state index contributed by atoms with van der Waals surface area (Å²) in [6.45, 7) is -0.645. The molecule has 2 N–H and O–H groups in total. The molecule has 82 valence electrons. The van der Waals surface area contributed by atoms with Gasteiger partial charge >= 0.3 is 5.97 Å². The van der Waals surface area contributed by atoms with Gasteiger partial charge in [0.2, 0.25) is 0 Å². The topological polar surface area (TPSA) is 49.3 Å². The van der Waals surface area contributed by atoms with Crippen LogP contribution in [0, 0.1) is 5.82 Å². The van der Waals surface area contributed by atoms with E-state index >= 15 is 0 Å². The number of carboxylic acids is 1. The van der Waals surface area contributed by atoms with Gasteiger partial charge in [-0.15, -0.1) is 0 Å². The maximum Gasteiger partial charge on any atom is 0.336 e. The summed E-state index contributed by atoms with van der Waals surface area (Å²) in [6, 6.07) is 2.15. The Bertz CT molecular complexity index is 385. The maximum absolute atomic E-state index is 13.2. The summed E-state index contributed by atoms with van der Waals surface area (Å²) in [5, 5.41) is 11.2. The zero-order valence-corrected chi connectivity index (χ0v) is 9.14. The van der Waals surface area contributed by atoms with E-state index in [4.69, 9.17) is 5.11 Å². The molecular weight excluding hydrogens is 272 g/mol. The molecule has 1 aromatic carbocycles. The predicted octanol–water partition coefficient (Wildman–Crippen LogP) is 2.67. The largest absolute Gasteiger partial charge is 0.478 e. The summed E-state index contributed by atoms with van der Waals surface area (Å²) < 4.78 is 25.3. The lowest BCUT2D eigenvalue weighted by Gasteiger charge is -2.07. The van der Waals surface area contributed by atoms with Crippen molar-refractivity contribution in [2.75, 3.05) is 18.5 Å². The van der Waals surface area contributed by atoms with Crippen molar-refractivity contribution in [1.29, 1.82) is 0 Å². The number of benzene rings is 1. The van der Waals surface area contributed by atoms with E-state index in [1.54, 1.807) is 0 Å². The molecule has 0 saturated carbocycles. The third-order valence-corrected chi connectivity index (χ3v) is 2.35. The number of nitrogens with one attached hydrogen (secondary N) is 1. The summed E-state index contributed by atoms with van der Waals surface area (Å²) in [4.78, 5) is 10.6. The Balaban J connectivity index is 3.02. The van der Waals surface area contributed by atoms with Crippen LogP contribution in [-0.4, -0.2) is 24.3 Å². The van der Waals surface area contributed by atoms with Gasteiger partial charge in [-0.05, 0) is 28.1 Å². The molecule has 3 nitrogen and oxygen atoms in total. The number of anilines is 1. The van der Waals surface area contributed by atoms with Gasteiger partial charge < -0.3 is 10.4 Å². The van der Waals surface area contributed by atoms with Crippen molar-refractivity contribution in [2.45, 2.75) is 0 Å². The van der Waals surface area contributed by atoms with Crippen LogP contribution in [0.2, 0.25) is 0 Å². The molecule has 0 unspecified atom stereocenters. The zero-order chi connectivity index (χ0) is 11.4. The highest BCUT2D eigenvalue weighted by atomic mass is 79.9. The normalized spacial score (nSPS) is 10.1. The molecule has 0 heterocycles. The Morgan fingerprint density at radius 3 is 2.73 bits per heavy atom. The number of carboxylic acid groups (broad SMARTS) is 1. The number of aromatic carboxylic acids is 1. The first-order chi connectivity index (χ1) is 7.06. The molecule has 0 atom stereocenters. The molecule has 0 amide bonds. The van der Waals surface area contributed by atoms with Gasteiger partial charge in [0.05, 0.1) is 11.3 Å². The van der Waals surface area contributed by atoms with Gasteiger partial charge in [-0.1, -0.05) is 0 Å². The van der Waals surface area contributed by atoms with Gasteiger partial charge in [-0.25, -0.2) is 13.6 Å². The van der Waals surface area contributed by atoms with Gasteiger partial charge in [0.1, 0.15) is 12.5 Å². The SMILES string of the molecule is O=C(O)c1cc(F)c(NCCF)cc1Br. The summed E-state index contributed by atoms with van der Waals surface area (Å²) in [5.74, 6) is -1.94. The Kier molecular flexibility index (Phi) is 4.02. The van der Waals surface area contributed by atoms with Crippen molar-refractivity contribution in [1.82, 2.24) is 0 Å². The van der Waals surface area contributed by atoms with Crippen molar-refractivity contribution in [3.8, 4) is 0 Å². The minimum absolute atomic E-state index is 0.0181. The fourth-order valence-electron chi connectivity index (χ4n) is 1.03. The van der Waals surface area contributed by atoms with Crippen molar-refractivity contribution < 1.29 is 18.7 Å². The molecule has 0 fully saturated rings. The van der Waals surface area contributed by atoms with E-state index in [9.17, 15) is 13.6 Å². The standard InChI is InChI=1S/C9H8BrF2NO2/c10-6-4-8(13-2-1-11)7(12)3-5(6)9(14)15/h3-4,13H,1-2H2,(H,14,15). The van der Waals surface area contributed by atoms with Crippen LogP contribution in [0.1, 0.15) is 10.4 Å². The van der Waals surface area contributed by atoms with E-state index in [2.05, 4.69) is 21.2 Å². The summed E-state index contributed by atoms with van der Waals surface area (Å²) >= 11 is 2.99. The summed E-state index contributed by atoms with van der Waals surface area (Å²) in [6.07, 6.45) is 0. The van der Waals surface area contributed by atoms with Gasteiger partial charge in [0, 0.05) is 11.0 Å². The fourth-order valence-corrected chi connectivity index (χ4v) is 1.54. The van der Waals surface area contributed by atoms with E-state index in [1.807, 2.05) is 0 Å². The molecule has 15 heavy (non-hydrogen) atoms. The molecule has 0 spiro atoms. The lowest BCUT2D eigenvalue weighted by Crippen LogP contribution is -2.07. The quantitative estimate of drug-likeness (QED) is 0.891. The van der Waals surface area contributed by atoms with Gasteiger partial charge in [-0.3, -0.25) is 0 Å². The minimum Gasteiger partial charge on any atom is -0.478 e. The van der Waals surface area contributed by atoms with Crippen molar-refractivity contribution >= 4 is 27.6 Å². The molecule has 0 aromatic heterocycles. The minimum atomic E-state index is -1.22. The van der Waals surface area contributed by atoms with Gasteiger partial charge in [0.25, 0.3) is 0 Å². The zero-order valence-electron chi connectivity index (χ0n) is 7.56. The van der Waals surface area contributed by atoms with Crippen LogP contribution in [-0.2, 0) is 0 Å². The lowest BCUT2D eigenvalue weighted by atomic mass is 10.2. The number of rotatable bonds is 4. The smallest absolute Gasteiger partial charge is 0.336 e. The van der Waals surface area contributed by atoms with E-state index in [-0.39, 0.29) is 22.3 Å². The van der Waals surface area contributed by atoms with Crippen LogP contribution in [0.15, 0.2) is 16.6 Å². The van der Waals surface area contributed by atoms with Gasteiger partial charge in [-0.2, -0.15) is 0 Å². The second kappa shape index (κ2) is 5.06. The van der Waals surface area contributed by atoms with Crippen LogP contribution in [0.5, 0.6) is 0 Å². The first kappa shape index (κ1) is 11.9. The molecule has 0 saturated heterocycles. The van der Waals surface area contributed by atoms with Crippen LogP contribution >= 0.6 is 15.9 Å². The lowest BCUT2D eigenvalue weighted by molar-refractivity contribution is 0.0695. The molecule has 6 heteroatoms. The Labute approximate surface area is 93.2 Å². The molecule has 0 aliphatic rings. The van der Waals surface area contributed by atoms with Crippen molar-refractivity contribution in [2.24, 2.45) is 0 Å². The van der Waals surface area contributed by atoms with Crippen LogP contribution in [0.4, 0.5) is 14.5 Å². The molecule has 0 aliphatic carbocycles. The van der Waals surface area contributed by atoms with E-state index in [0.29, 0.717) is 0 Å². The average Bonchev–Trinajstić information content (AvgIpc) is 2.18. The van der Waals surface area contributed by atoms with Crippen LogP contribution < -0.4 is 5.32 Å². The van der Waals surface area contributed by atoms with Crippen LogP contribution in [0.3, 0.4) is 0 Å². The highest BCUT2D eigenvalue weighted by molar-refractivity contribution is 9.10. The second-order valence-electron chi connectivity index (χ2n) is 2.73. The van der Waals surface area contributed by atoms with Crippen LogP contribution in [0.25, 0.3) is 0 Å². The molecule has 0 radical (unpaired) electrons. The van der Waals surface area contributed by atoms with Crippen molar-refractivity contribution in [3.05, 3.63) is 28.0 Å². The predicted molar refractivity (Wildman–Crippen MR) is 55.5 cm³/mol. The molecule has 0 aliphatic heterocycles. The third-order valence-electron chi connectivity index (χ3n) is 1.70. The Morgan fingerprint density at radius 1 is 1.53 bits per heavy atom. The van der Waals surface area contributed by atoms with E-state index < -0.39 is 18.5 Å². The molecule has 1 aromatic rings. The summed E-state index contributed by atoms with van der Waals surface area (Å²) in [7, 11) is 0. The van der Waals surface area contributed by atoms with Gasteiger partial charge in [0.15, 0.2) is 0 Å². The number of hydrogen-bond donors (Lipinski definition) is 2. The fraction of sp³-hybridized carbons (Fsp3) is 0.222. The van der Waals surface area contributed by atoms with E-state index in [1.165, 1.54) is 6.07 Å². The third kappa shape index (κ3) is 2.89. The highest BCUT2D eigenvalue weighted by Crippen LogP contribution is 2.24. The first-order valence-electron chi connectivity index (χ1n) is 4.08. The monoisotopic (exact) mass is 279 g/mol. The summed E-state index contributed by atoms with van der Waals surface area (Å²) in [5.41, 5.74) is -0.0946. The number of carbonyl (C=O) groups is 1. The highest BCUT2D eigenvalue weighted by Gasteiger charge is 2.12. The number of alkyl halides is 1. The second-order valence-corrected chi connectivity index (χ2v) is 3.59. The Hall–Kier alpha value is -1.17. The number of hydrogen-bond acceptors (Lipinski definition) is 2. The average molecular weight is 280 g/mol. The maximum atomic E-state index is 13.2. The Morgan fingerprint density at radius 2 is 2.20 bits per heavy atom. The number of halogens is 3. The first-order valence-corrected chi connectivity index (χ1v) is 4.87.